The highest BCUT2D eigenvalue weighted by Crippen LogP contribution is 2.36. The average Bonchev–Trinajstić information content (AvgIpc) is 2.70. The van der Waals surface area contributed by atoms with E-state index in [-0.39, 0.29) is 24.2 Å². The number of anilines is 1. The molecular formula is C21H27ClN4O2. The van der Waals surface area contributed by atoms with Crippen molar-refractivity contribution in [1.82, 2.24) is 9.80 Å². The van der Waals surface area contributed by atoms with E-state index in [9.17, 15) is 9.59 Å². The van der Waals surface area contributed by atoms with Crippen LogP contribution in [0.2, 0.25) is 0 Å². The van der Waals surface area contributed by atoms with Crippen molar-refractivity contribution in [2.45, 2.75) is 13.3 Å². The summed E-state index contributed by atoms with van der Waals surface area (Å²) in [5.41, 5.74) is 8.05. The van der Waals surface area contributed by atoms with Crippen LogP contribution in [-0.2, 0) is 0 Å². The molecule has 2 aliphatic heterocycles. The van der Waals surface area contributed by atoms with Crippen LogP contribution in [0, 0.1) is 0 Å². The predicted octanol–water partition coefficient (Wildman–Crippen LogP) is 2.35. The molecule has 2 amide bonds. The van der Waals surface area contributed by atoms with E-state index >= 15 is 0 Å². The average molecular weight is 403 g/mol. The third-order valence-corrected chi connectivity index (χ3v) is 5.57. The molecule has 7 heteroatoms. The van der Waals surface area contributed by atoms with Gasteiger partial charge in [0.05, 0.1) is 0 Å². The number of amides is 2. The number of carbonyl (C=O) groups is 2. The molecule has 0 atom stereocenters. The lowest BCUT2D eigenvalue weighted by Gasteiger charge is -2.37. The first-order valence-corrected chi connectivity index (χ1v) is 9.75. The highest BCUT2D eigenvalue weighted by atomic mass is 35.5. The van der Waals surface area contributed by atoms with Crippen LogP contribution in [-0.4, -0.2) is 67.4 Å². The Kier molecular flexibility index (Phi) is 6.23. The van der Waals surface area contributed by atoms with Crippen molar-refractivity contribution in [2.24, 2.45) is 5.73 Å². The highest BCUT2D eigenvalue weighted by Gasteiger charge is 2.33. The second kappa shape index (κ2) is 8.47. The van der Waals surface area contributed by atoms with Crippen LogP contribution in [0.5, 0.6) is 0 Å². The summed E-state index contributed by atoms with van der Waals surface area (Å²) in [5, 5.41) is 1.80. The summed E-state index contributed by atoms with van der Waals surface area (Å²) in [4.78, 5) is 31.9. The van der Waals surface area contributed by atoms with Gasteiger partial charge in [-0.15, -0.1) is 12.4 Å². The minimum absolute atomic E-state index is 0. The third kappa shape index (κ3) is 3.36. The second-order valence-electron chi connectivity index (χ2n) is 7.24. The van der Waals surface area contributed by atoms with Gasteiger partial charge in [-0.05, 0) is 24.6 Å². The van der Waals surface area contributed by atoms with Crippen LogP contribution >= 0.6 is 12.4 Å². The number of nitrogens with two attached hydrogens (primary N) is 1. The molecule has 0 aliphatic carbocycles. The van der Waals surface area contributed by atoms with Crippen molar-refractivity contribution in [2.75, 3.05) is 50.7 Å². The van der Waals surface area contributed by atoms with Crippen molar-refractivity contribution < 1.29 is 9.59 Å². The Balaban J connectivity index is 0.00000225. The van der Waals surface area contributed by atoms with E-state index < -0.39 is 0 Å². The summed E-state index contributed by atoms with van der Waals surface area (Å²) in [5.74, 6) is -0.352. The fraction of sp³-hybridized carbons (Fsp3) is 0.429. The number of piperazine rings is 1. The van der Waals surface area contributed by atoms with Gasteiger partial charge in [0.15, 0.2) is 0 Å². The van der Waals surface area contributed by atoms with Gasteiger partial charge in [0, 0.05) is 73.4 Å². The fourth-order valence-corrected chi connectivity index (χ4v) is 4.23. The molecule has 0 bridgehead atoms. The van der Waals surface area contributed by atoms with Gasteiger partial charge in [-0.25, -0.2) is 0 Å². The molecule has 2 heterocycles. The Morgan fingerprint density at radius 2 is 1.61 bits per heavy atom. The van der Waals surface area contributed by atoms with E-state index in [1.54, 1.807) is 0 Å². The predicted molar refractivity (Wildman–Crippen MR) is 115 cm³/mol. The highest BCUT2D eigenvalue weighted by molar-refractivity contribution is 6.26. The molecule has 1 fully saturated rings. The molecular weight excluding hydrogens is 376 g/mol. The third-order valence-electron chi connectivity index (χ3n) is 5.57. The molecule has 6 nitrogen and oxygen atoms in total. The first kappa shape index (κ1) is 20.6. The molecule has 2 aromatic rings. The molecule has 0 unspecified atom stereocenters. The monoisotopic (exact) mass is 402 g/mol. The first-order valence-electron chi connectivity index (χ1n) is 9.75. The number of benzene rings is 2. The molecule has 28 heavy (non-hydrogen) atoms. The van der Waals surface area contributed by atoms with Crippen molar-refractivity contribution in [3.05, 3.63) is 41.5 Å². The molecule has 1 saturated heterocycles. The molecule has 2 aliphatic rings. The van der Waals surface area contributed by atoms with Crippen LogP contribution < -0.4 is 10.6 Å². The summed E-state index contributed by atoms with van der Waals surface area (Å²) in [7, 11) is 0. The maximum absolute atomic E-state index is 12.9. The van der Waals surface area contributed by atoms with Gasteiger partial charge in [-0.2, -0.15) is 0 Å². The van der Waals surface area contributed by atoms with Crippen LogP contribution in [0.25, 0.3) is 10.8 Å². The van der Waals surface area contributed by atoms with E-state index in [1.165, 1.54) is 4.90 Å². The SMILES string of the molecule is CCCN1C(=O)c2cccc3c(N4CCN(CCN)CC4)ccc(c23)C1=O.Cl. The van der Waals surface area contributed by atoms with Crippen molar-refractivity contribution >= 4 is 40.7 Å². The topological polar surface area (TPSA) is 69.9 Å². The Labute approximate surface area is 171 Å². The Morgan fingerprint density at radius 3 is 2.25 bits per heavy atom. The number of hydrogen-bond donors (Lipinski definition) is 1. The maximum atomic E-state index is 12.9. The molecule has 4 rings (SSSR count). The summed E-state index contributed by atoms with van der Waals surface area (Å²) < 4.78 is 0. The van der Waals surface area contributed by atoms with Gasteiger partial charge in [0.25, 0.3) is 11.8 Å². The van der Waals surface area contributed by atoms with Gasteiger partial charge in [-0.1, -0.05) is 19.1 Å². The van der Waals surface area contributed by atoms with Crippen molar-refractivity contribution in [1.29, 1.82) is 0 Å². The van der Waals surface area contributed by atoms with Gasteiger partial charge in [0.1, 0.15) is 0 Å². The van der Waals surface area contributed by atoms with Crippen LogP contribution in [0.15, 0.2) is 30.3 Å². The molecule has 0 radical (unpaired) electrons. The molecule has 0 aromatic heterocycles. The largest absolute Gasteiger partial charge is 0.368 e. The summed E-state index contributed by atoms with van der Waals surface area (Å²) in [6.07, 6.45) is 0.758. The maximum Gasteiger partial charge on any atom is 0.261 e. The van der Waals surface area contributed by atoms with Crippen molar-refractivity contribution in [3.63, 3.8) is 0 Å². The van der Waals surface area contributed by atoms with Gasteiger partial charge in [-0.3, -0.25) is 19.4 Å². The lowest BCUT2D eigenvalue weighted by molar-refractivity contribution is 0.0610. The first-order chi connectivity index (χ1) is 13.2. The fourth-order valence-electron chi connectivity index (χ4n) is 4.23. The lowest BCUT2D eigenvalue weighted by Crippen LogP contribution is -2.48. The Hall–Kier alpha value is -2.15. The lowest BCUT2D eigenvalue weighted by atomic mass is 9.92. The number of imide groups is 1. The van der Waals surface area contributed by atoms with Gasteiger partial charge in [0.2, 0.25) is 0 Å². The summed E-state index contributed by atoms with van der Waals surface area (Å²) in [6, 6.07) is 9.72. The van der Waals surface area contributed by atoms with E-state index in [2.05, 4.69) is 9.80 Å². The quantitative estimate of drug-likeness (QED) is 0.777. The zero-order valence-electron chi connectivity index (χ0n) is 16.2. The molecule has 150 valence electrons. The van der Waals surface area contributed by atoms with Crippen molar-refractivity contribution in [3.8, 4) is 0 Å². The summed E-state index contributed by atoms with van der Waals surface area (Å²) >= 11 is 0. The normalized spacial score (nSPS) is 17.2. The molecule has 0 spiro atoms. The number of rotatable bonds is 5. The van der Waals surface area contributed by atoms with E-state index in [4.69, 9.17) is 5.73 Å². The van der Waals surface area contributed by atoms with Gasteiger partial charge >= 0.3 is 0 Å². The zero-order valence-corrected chi connectivity index (χ0v) is 17.0. The number of halogens is 1. The number of carbonyl (C=O) groups excluding carboxylic acids is 2. The second-order valence-corrected chi connectivity index (χ2v) is 7.24. The smallest absolute Gasteiger partial charge is 0.261 e. The van der Waals surface area contributed by atoms with Crippen LogP contribution in [0.1, 0.15) is 34.1 Å². The number of hydrogen-bond acceptors (Lipinski definition) is 5. The Morgan fingerprint density at radius 1 is 0.929 bits per heavy atom. The minimum Gasteiger partial charge on any atom is -0.368 e. The molecule has 0 saturated carbocycles. The van der Waals surface area contributed by atoms with Crippen LogP contribution in [0.3, 0.4) is 0 Å². The van der Waals surface area contributed by atoms with E-state index in [1.807, 2.05) is 37.3 Å². The summed E-state index contributed by atoms with van der Waals surface area (Å²) in [6.45, 7) is 7.82. The van der Waals surface area contributed by atoms with Crippen LogP contribution in [0.4, 0.5) is 5.69 Å². The number of nitrogens with zero attached hydrogens (tertiary/aromatic N) is 3. The van der Waals surface area contributed by atoms with E-state index in [0.29, 0.717) is 24.2 Å². The zero-order chi connectivity index (χ0) is 19.0. The minimum atomic E-state index is -0.176. The van der Waals surface area contributed by atoms with E-state index in [0.717, 1.165) is 55.6 Å². The molecule has 2 aromatic carbocycles. The Bertz CT molecular complexity index is 871. The van der Waals surface area contributed by atoms with Gasteiger partial charge < -0.3 is 10.6 Å². The standard InChI is InChI=1S/C21H26N4O2.ClH/c1-2-9-25-20(26)16-5-3-4-15-18(7-6-17(19(15)16)21(25)27)24-13-11-23(10-8-22)12-14-24;/h3-7H,2,8-14,22H2,1H3;1H. The molecule has 2 N–H and O–H groups in total.